The van der Waals surface area contributed by atoms with Gasteiger partial charge >= 0.3 is 0 Å². The highest BCUT2D eigenvalue weighted by molar-refractivity contribution is 6.04. The Labute approximate surface area is 178 Å². The summed E-state index contributed by atoms with van der Waals surface area (Å²) in [5.74, 6) is -1.11. The quantitative estimate of drug-likeness (QED) is 0.609. The van der Waals surface area contributed by atoms with Gasteiger partial charge < -0.3 is 15.5 Å². The molecule has 2 amide bonds. The summed E-state index contributed by atoms with van der Waals surface area (Å²) < 4.78 is 0. The van der Waals surface area contributed by atoms with E-state index in [0.717, 1.165) is 6.42 Å². The van der Waals surface area contributed by atoms with E-state index in [9.17, 15) is 14.4 Å². The Hall–Kier alpha value is -3.94. The van der Waals surface area contributed by atoms with Crippen molar-refractivity contribution in [2.24, 2.45) is 0 Å². The number of para-hydroxylation sites is 1. The fraction of sp³-hybridized carbons (Fsp3) is 0.217. The number of H-pyrrole nitrogens is 1. The van der Waals surface area contributed by atoms with Gasteiger partial charge in [-0.15, -0.1) is 0 Å². The summed E-state index contributed by atoms with van der Waals surface area (Å²) in [6, 6.07) is 17.1. The monoisotopic (exact) mass is 415 g/mol. The van der Waals surface area contributed by atoms with Gasteiger partial charge in [-0.25, -0.2) is 0 Å². The summed E-state index contributed by atoms with van der Waals surface area (Å²) >= 11 is 0. The maximum absolute atomic E-state index is 13.0. The van der Waals surface area contributed by atoms with Crippen molar-refractivity contribution in [2.75, 3.05) is 22.1 Å². The van der Waals surface area contributed by atoms with E-state index in [4.69, 9.17) is 0 Å². The minimum atomic E-state index is -0.906. The van der Waals surface area contributed by atoms with Crippen molar-refractivity contribution in [1.82, 2.24) is 9.97 Å². The van der Waals surface area contributed by atoms with E-state index < -0.39 is 17.4 Å². The molecule has 1 aromatic heterocycles. The molecule has 0 saturated heterocycles. The number of amides is 2. The van der Waals surface area contributed by atoms with Crippen molar-refractivity contribution < 1.29 is 9.59 Å². The number of carbonyl (C=O) groups excluding carboxylic acids is 2. The number of hydrogen-bond acceptors (Lipinski definition) is 5. The van der Waals surface area contributed by atoms with E-state index in [0.29, 0.717) is 24.7 Å². The van der Waals surface area contributed by atoms with Crippen LogP contribution in [0.4, 0.5) is 17.5 Å². The minimum Gasteiger partial charge on any atom is -0.338 e. The largest absolute Gasteiger partial charge is 0.338 e. The molecule has 0 unspecified atom stereocenters. The van der Waals surface area contributed by atoms with Crippen LogP contribution in [-0.2, 0) is 22.6 Å². The molecule has 3 N–H and O–H groups in total. The van der Waals surface area contributed by atoms with Crippen LogP contribution in [0, 0.1) is 0 Å². The molecular weight excluding hydrogens is 394 g/mol. The highest BCUT2D eigenvalue weighted by Crippen LogP contribution is 2.31. The molecule has 0 fully saturated rings. The predicted octanol–water partition coefficient (Wildman–Crippen LogP) is 2.40. The number of hydrogen-bond donors (Lipinski definition) is 3. The number of aromatic amines is 1. The minimum absolute atomic E-state index is 0.104. The van der Waals surface area contributed by atoms with E-state index in [1.54, 1.807) is 24.3 Å². The molecule has 8 nitrogen and oxygen atoms in total. The fourth-order valence-electron chi connectivity index (χ4n) is 4.16. The SMILES string of the molecule is O=C1C[C@H](C(=O)Nc2ccccc2)c2c(nc(N3CCc4ccccc4C3)[nH]c2=O)N1. The molecule has 0 bridgehead atoms. The smallest absolute Gasteiger partial charge is 0.258 e. The summed E-state index contributed by atoms with van der Waals surface area (Å²) in [4.78, 5) is 47.5. The fourth-order valence-corrected chi connectivity index (χ4v) is 4.16. The summed E-state index contributed by atoms with van der Waals surface area (Å²) in [5, 5.41) is 5.45. The lowest BCUT2D eigenvalue weighted by Gasteiger charge is -2.30. The molecule has 156 valence electrons. The van der Waals surface area contributed by atoms with E-state index in [1.165, 1.54) is 11.1 Å². The normalized spacial score (nSPS) is 17.4. The zero-order valence-corrected chi connectivity index (χ0v) is 16.7. The second kappa shape index (κ2) is 7.71. The molecule has 3 heterocycles. The van der Waals surface area contributed by atoms with Gasteiger partial charge in [0.2, 0.25) is 17.8 Å². The molecule has 2 aliphatic heterocycles. The van der Waals surface area contributed by atoms with Gasteiger partial charge in [-0.05, 0) is 29.7 Å². The molecule has 0 radical (unpaired) electrons. The number of rotatable bonds is 3. The molecule has 2 aliphatic rings. The number of benzene rings is 2. The number of carbonyl (C=O) groups is 2. The molecule has 0 spiro atoms. The Kier molecular flexibility index (Phi) is 4.74. The molecule has 8 heteroatoms. The van der Waals surface area contributed by atoms with Crippen molar-refractivity contribution >= 4 is 29.3 Å². The zero-order valence-electron chi connectivity index (χ0n) is 16.7. The van der Waals surface area contributed by atoms with Gasteiger partial charge in [-0.1, -0.05) is 42.5 Å². The van der Waals surface area contributed by atoms with E-state index in [-0.39, 0.29) is 23.7 Å². The van der Waals surface area contributed by atoms with Gasteiger partial charge in [0.25, 0.3) is 5.56 Å². The molecule has 5 rings (SSSR count). The first-order valence-electron chi connectivity index (χ1n) is 10.2. The average Bonchev–Trinajstić information content (AvgIpc) is 2.78. The molecule has 2 aromatic carbocycles. The standard InChI is InChI=1S/C23H21N5O3/c29-18-12-17(21(30)24-16-8-2-1-3-9-16)19-20(25-18)26-23(27-22(19)31)28-11-10-14-6-4-5-7-15(14)13-28/h1-9,17H,10-13H2,(H,24,30)(H2,25,26,27,29,31)/t17-/m0/s1. The highest BCUT2D eigenvalue weighted by Gasteiger charge is 2.35. The van der Waals surface area contributed by atoms with Gasteiger partial charge in [0.05, 0.1) is 11.5 Å². The van der Waals surface area contributed by atoms with E-state index in [1.807, 2.05) is 23.1 Å². The summed E-state index contributed by atoms with van der Waals surface area (Å²) in [6.45, 7) is 1.31. The summed E-state index contributed by atoms with van der Waals surface area (Å²) in [5.41, 5.74) is 2.84. The van der Waals surface area contributed by atoms with E-state index in [2.05, 4.69) is 32.7 Å². The van der Waals surface area contributed by atoms with Crippen molar-refractivity contribution in [2.45, 2.75) is 25.3 Å². The van der Waals surface area contributed by atoms with Gasteiger partial charge in [-0.2, -0.15) is 4.98 Å². The van der Waals surface area contributed by atoms with Gasteiger partial charge in [-0.3, -0.25) is 19.4 Å². The van der Waals surface area contributed by atoms with Crippen LogP contribution in [-0.4, -0.2) is 28.3 Å². The number of nitrogens with zero attached hydrogens (tertiary/aromatic N) is 2. The molecule has 1 atom stereocenters. The van der Waals surface area contributed by atoms with Gasteiger partial charge in [0.1, 0.15) is 5.82 Å². The maximum atomic E-state index is 13.0. The lowest BCUT2D eigenvalue weighted by Crippen LogP contribution is -2.38. The van der Waals surface area contributed by atoms with Crippen LogP contribution in [0.1, 0.15) is 29.0 Å². The average molecular weight is 415 g/mol. The van der Waals surface area contributed by atoms with Crippen LogP contribution in [0.2, 0.25) is 0 Å². The Balaban J connectivity index is 1.46. The van der Waals surface area contributed by atoms with Crippen LogP contribution >= 0.6 is 0 Å². The lowest BCUT2D eigenvalue weighted by molar-refractivity contribution is -0.123. The van der Waals surface area contributed by atoms with Crippen molar-refractivity contribution in [1.29, 1.82) is 0 Å². The number of fused-ring (bicyclic) bond motifs is 2. The predicted molar refractivity (Wildman–Crippen MR) is 117 cm³/mol. The van der Waals surface area contributed by atoms with Crippen LogP contribution in [0.15, 0.2) is 59.4 Å². The second-order valence-corrected chi connectivity index (χ2v) is 7.75. The lowest BCUT2D eigenvalue weighted by atomic mass is 9.92. The first-order valence-corrected chi connectivity index (χ1v) is 10.2. The maximum Gasteiger partial charge on any atom is 0.258 e. The number of nitrogens with one attached hydrogen (secondary N) is 3. The van der Waals surface area contributed by atoms with Crippen molar-refractivity contribution in [3.05, 3.63) is 81.6 Å². The molecule has 31 heavy (non-hydrogen) atoms. The van der Waals surface area contributed by atoms with Gasteiger partial charge in [0, 0.05) is 25.2 Å². The van der Waals surface area contributed by atoms with E-state index >= 15 is 0 Å². The molecule has 0 saturated carbocycles. The third-order valence-corrected chi connectivity index (χ3v) is 5.73. The van der Waals surface area contributed by atoms with Crippen molar-refractivity contribution in [3.63, 3.8) is 0 Å². The third kappa shape index (κ3) is 3.68. The summed E-state index contributed by atoms with van der Waals surface area (Å²) in [6.07, 6.45) is 0.734. The highest BCUT2D eigenvalue weighted by atomic mass is 16.2. The Morgan fingerprint density at radius 3 is 2.58 bits per heavy atom. The molecular formula is C23H21N5O3. The van der Waals surface area contributed by atoms with Crippen LogP contribution in [0.5, 0.6) is 0 Å². The zero-order chi connectivity index (χ0) is 21.4. The number of anilines is 3. The summed E-state index contributed by atoms with van der Waals surface area (Å²) in [7, 11) is 0. The Morgan fingerprint density at radius 2 is 1.77 bits per heavy atom. The molecule has 0 aliphatic carbocycles. The second-order valence-electron chi connectivity index (χ2n) is 7.75. The van der Waals surface area contributed by atoms with Crippen LogP contribution in [0.25, 0.3) is 0 Å². The van der Waals surface area contributed by atoms with Crippen LogP contribution in [0.3, 0.4) is 0 Å². The van der Waals surface area contributed by atoms with Crippen molar-refractivity contribution in [3.8, 4) is 0 Å². The third-order valence-electron chi connectivity index (χ3n) is 5.73. The Morgan fingerprint density at radius 1 is 1.03 bits per heavy atom. The van der Waals surface area contributed by atoms with Gasteiger partial charge in [0.15, 0.2) is 0 Å². The molecule has 3 aromatic rings. The van der Waals surface area contributed by atoms with Crippen LogP contribution < -0.4 is 21.1 Å². The first-order chi connectivity index (χ1) is 15.1. The topological polar surface area (TPSA) is 107 Å². The first kappa shape index (κ1) is 19.0. The number of aromatic nitrogens is 2. The Bertz CT molecular complexity index is 1220.